The van der Waals surface area contributed by atoms with Gasteiger partial charge in [-0.1, -0.05) is 32.3 Å². The molecule has 0 spiro atoms. The minimum atomic E-state index is 0.662. The van der Waals surface area contributed by atoms with Gasteiger partial charge in [-0.05, 0) is 27.4 Å². The van der Waals surface area contributed by atoms with Crippen LogP contribution in [0.4, 0.5) is 0 Å². The quantitative estimate of drug-likeness (QED) is 0.482. The van der Waals surface area contributed by atoms with Gasteiger partial charge in [0.05, 0.1) is 5.71 Å². The SMILES string of the molecule is CC.CCC/C(CCN(C)C)=N/OCC. The molecule has 92 valence electrons. The second-order valence-corrected chi connectivity index (χ2v) is 3.38. The van der Waals surface area contributed by atoms with Crippen molar-refractivity contribution in [1.29, 1.82) is 0 Å². The van der Waals surface area contributed by atoms with Crippen molar-refractivity contribution in [2.45, 2.75) is 47.0 Å². The van der Waals surface area contributed by atoms with E-state index in [1.807, 2.05) is 20.8 Å². The normalized spacial score (nSPS) is 11.0. The average Bonchev–Trinajstić information content (AvgIpc) is 2.25. The van der Waals surface area contributed by atoms with Gasteiger partial charge < -0.3 is 9.74 Å². The minimum absolute atomic E-state index is 0.662. The first-order valence-electron chi connectivity index (χ1n) is 6.03. The largest absolute Gasteiger partial charge is 0.396 e. The highest BCUT2D eigenvalue weighted by Gasteiger charge is 2.00. The van der Waals surface area contributed by atoms with Gasteiger partial charge in [0, 0.05) is 13.0 Å². The summed E-state index contributed by atoms with van der Waals surface area (Å²) in [4.78, 5) is 7.21. The number of oxime groups is 1. The van der Waals surface area contributed by atoms with Gasteiger partial charge in [0.2, 0.25) is 0 Å². The Kier molecular flexibility index (Phi) is 15.1. The third-order valence-electron chi connectivity index (χ3n) is 1.71. The molecular formula is C12H28N2O. The Hall–Kier alpha value is -0.570. The maximum atomic E-state index is 5.05. The monoisotopic (exact) mass is 216 g/mol. The maximum Gasteiger partial charge on any atom is 0.114 e. The predicted molar refractivity (Wildman–Crippen MR) is 68.5 cm³/mol. The average molecular weight is 216 g/mol. The van der Waals surface area contributed by atoms with Crippen molar-refractivity contribution >= 4 is 5.71 Å². The van der Waals surface area contributed by atoms with E-state index in [1.165, 1.54) is 5.71 Å². The Labute approximate surface area is 95.5 Å². The van der Waals surface area contributed by atoms with Crippen molar-refractivity contribution in [3.8, 4) is 0 Å². The highest BCUT2D eigenvalue weighted by molar-refractivity contribution is 5.84. The van der Waals surface area contributed by atoms with Gasteiger partial charge in [0.25, 0.3) is 0 Å². The lowest BCUT2D eigenvalue weighted by Crippen LogP contribution is -2.16. The number of rotatable bonds is 7. The molecule has 0 amide bonds. The summed E-state index contributed by atoms with van der Waals surface area (Å²) in [7, 11) is 4.15. The molecule has 0 atom stereocenters. The molecule has 3 nitrogen and oxygen atoms in total. The molecule has 0 saturated carbocycles. The summed E-state index contributed by atoms with van der Waals surface area (Å²) in [6.45, 7) is 9.83. The van der Waals surface area contributed by atoms with Crippen molar-refractivity contribution in [3.63, 3.8) is 0 Å². The van der Waals surface area contributed by atoms with Crippen LogP contribution in [-0.2, 0) is 4.84 Å². The molecule has 0 saturated heterocycles. The maximum absolute atomic E-state index is 5.05. The van der Waals surface area contributed by atoms with Gasteiger partial charge in [-0.15, -0.1) is 0 Å². The molecule has 0 aromatic rings. The van der Waals surface area contributed by atoms with Crippen LogP contribution in [-0.4, -0.2) is 37.9 Å². The number of hydrogen-bond acceptors (Lipinski definition) is 3. The van der Waals surface area contributed by atoms with Crippen LogP contribution in [0.15, 0.2) is 5.16 Å². The van der Waals surface area contributed by atoms with E-state index in [-0.39, 0.29) is 0 Å². The van der Waals surface area contributed by atoms with Crippen molar-refractivity contribution in [2.75, 3.05) is 27.2 Å². The lowest BCUT2D eigenvalue weighted by Gasteiger charge is -2.10. The molecule has 15 heavy (non-hydrogen) atoms. The van der Waals surface area contributed by atoms with Crippen LogP contribution in [0, 0.1) is 0 Å². The molecule has 3 heteroatoms. The van der Waals surface area contributed by atoms with E-state index in [0.717, 1.165) is 25.8 Å². The van der Waals surface area contributed by atoms with Crippen molar-refractivity contribution in [3.05, 3.63) is 0 Å². The second-order valence-electron chi connectivity index (χ2n) is 3.38. The van der Waals surface area contributed by atoms with Crippen molar-refractivity contribution in [1.82, 2.24) is 4.90 Å². The van der Waals surface area contributed by atoms with Gasteiger partial charge in [0.1, 0.15) is 6.61 Å². The van der Waals surface area contributed by atoms with Crippen LogP contribution < -0.4 is 0 Å². The molecule has 0 rings (SSSR count). The van der Waals surface area contributed by atoms with Gasteiger partial charge in [-0.3, -0.25) is 0 Å². The molecule has 0 aliphatic carbocycles. The predicted octanol–water partition coefficient (Wildman–Crippen LogP) is 3.16. The smallest absolute Gasteiger partial charge is 0.114 e. The highest BCUT2D eigenvalue weighted by atomic mass is 16.6. The van der Waals surface area contributed by atoms with E-state index in [0.29, 0.717) is 6.61 Å². The van der Waals surface area contributed by atoms with E-state index in [1.54, 1.807) is 0 Å². The number of nitrogens with zero attached hydrogens (tertiary/aromatic N) is 2. The zero-order valence-electron chi connectivity index (χ0n) is 11.3. The lowest BCUT2D eigenvalue weighted by atomic mass is 10.1. The number of hydrogen-bond donors (Lipinski definition) is 0. The molecule has 0 aromatic carbocycles. The molecule has 0 N–H and O–H groups in total. The Balaban J connectivity index is 0. The molecule has 0 heterocycles. The van der Waals surface area contributed by atoms with Crippen LogP contribution in [0.1, 0.15) is 47.0 Å². The first kappa shape index (κ1) is 16.8. The Bertz CT molecular complexity index is 145. The summed E-state index contributed by atoms with van der Waals surface area (Å²) < 4.78 is 0. The fourth-order valence-corrected chi connectivity index (χ4v) is 1.01. The van der Waals surface area contributed by atoms with Crippen LogP contribution in [0.2, 0.25) is 0 Å². The molecule has 0 bridgehead atoms. The Morgan fingerprint density at radius 1 is 1.13 bits per heavy atom. The third-order valence-corrected chi connectivity index (χ3v) is 1.71. The van der Waals surface area contributed by atoms with Gasteiger partial charge in [-0.25, -0.2) is 0 Å². The van der Waals surface area contributed by atoms with E-state index in [2.05, 4.69) is 31.1 Å². The standard InChI is InChI=1S/C10H22N2O.C2H6/c1-5-7-10(11-13-6-2)8-9-12(3)4;1-2/h5-9H2,1-4H3;1-2H3/b11-10-;. The Morgan fingerprint density at radius 3 is 2.13 bits per heavy atom. The minimum Gasteiger partial charge on any atom is -0.396 e. The molecule has 0 aliphatic heterocycles. The first-order chi connectivity index (χ1) is 7.20. The summed E-state index contributed by atoms with van der Waals surface area (Å²) in [5, 5.41) is 4.09. The van der Waals surface area contributed by atoms with Crippen LogP contribution in [0.5, 0.6) is 0 Å². The zero-order chi connectivity index (χ0) is 12.1. The van der Waals surface area contributed by atoms with Gasteiger partial charge >= 0.3 is 0 Å². The summed E-state index contributed by atoms with van der Waals surface area (Å²) in [5.74, 6) is 0. The van der Waals surface area contributed by atoms with Crippen LogP contribution in [0.25, 0.3) is 0 Å². The molecular weight excluding hydrogens is 188 g/mol. The van der Waals surface area contributed by atoms with E-state index in [9.17, 15) is 0 Å². The first-order valence-corrected chi connectivity index (χ1v) is 6.03. The molecule has 0 fully saturated rings. The summed E-state index contributed by atoms with van der Waals surface area (Å²) in [6, 6.07) is 0. The highest BCUT2D eigenvalue weighted by Crippen LogP contribution is 1.99. The zero-order valence-corrected chi connectivity index (χ0v) is 11.3. The van der Waals surface area contributed by atoms with Gasteiger partial charge in [-0.2, -0.15) is 0 Å². The molecule has 0 unspecified atom stereocenters. The molecule has 0 aromatic heterocycles. The Morgan fingerprint density at radius 2 is 1.73 bits per heavy atom. The topological polar surface area (TPSA) is 24.8 Å². The van der Waals surface area contributed by atoms with Gasteiger partial charge in [0.15, 0.2) is 0 Å². The summed E-state index contributed by atoms with van der Waals surface area (Å²) >= 11 is 0. The van der Waals surface area contributed by atoms with E-state index in [4.69, 9.17) is 4.84 Å². The van der Waals surface area contributed by atoms with Crippen molar-refractivity contribution < 1.29 is 4.84 Å². The van der Waals surface area contributed by atoms with E-state index >= 15 is 0 Å². The van der Waals surface area contributed by atoms with E-state index < -0.39 is 0 Å². The summed E-state index contributed by atoms with van der Waals surface area (Å²) in [6.07, 6.45) is 3.20. The van der Waals surface area contributed by atoms with Crippen LogP contribution in [0.3, 0.4) is 0 Å². The third kappa shape index (κ3) is 13.4. The fraction of sp³-hybridized carbons (Fsp3) is 0.917. The summed E-state index contributed by atoms with van der Waals surface area (Å²) in [5.41, 5.74) is 1.18. The molecule has 0 aliphatic rings. The fourth-order valence-electron chi connectivity index (χ4n) is 1.01. The molecule has 0 radical (unpaired) electrons. The van der Waals surface area contributed by atoms with Crippen molar-refractivity contribution in [2.24, 2.45) is 5.16 Å². The van der Waals surface area contributed by atoms with Crippen LogP contribution >= 0.6 is 0 Å². The second kappa shape index (κ2) is 13.4. The lowest BCUT2D eigenvalue weighted by molar-refractivity contribution is 0.157.